The molecule has 0 radical (unpaired) electrons. The maximum atomic E-state index is 12.9. The van der Waals surface area contributed by atoms with Crippen molar-refractivity contribution in [2.75, 3.05) is 18.9 Å². The van der Waals surface area contributed by atoms with Gasteiger partial charge in [0.1, 0.15) is 6.04 Å². The van der Waals surface area contributed by atoms with Gasteiger partial charge < -0.3 is 21.3 Å². The highest BCUT2D eigenvalue weighted by Gasteiger charge is 2.33. The number of benzene rings is 1. The van der Waals surface area contributed by atoms with E-state index in [4.69, 9.17) is 5.73 Å². The zero-order valence-electron chi connectivity index (χ0n) is 15.8. The van der Waals surface area contributed by atoms with Gasteiger partial charge in [-0.05, 0) is 43.7 Å². The fourth-order valence-electron chi connectivity index (χ4n) is 4.16. The van der Waals surface area contributed by atoms with Crippen molar-refractivity contribution < 1.29 is 9.59 Å². The Hall–Kier alpha value is -2.08. The number of likely N-dealkylation sites (N-methyl/N-ethyl adjacent to an activating group) is 1. The number of aryl methyl sites for hydroxylation is 1. The van der Waals surface area contributed by atoms with Crippen LogP contribution in [0.1, 0.15) is 43.2 Å². The molecule has 1 saturated carbocycles. The van der Waals surface area contributed by atoms with E-state index in [9.17, 15) is 9.59 Å². The number of nitrogens with zero attached hydrogens (tertiary/aromatic N) is 1. The third-order valence-electron chi connectivity index (χ3n) is 5.73. The van der Waals surface area contributed by atoms with E-state index in [0.29, 0.717) is 13.0 Å². The average molecular weight is 358 g/mol. The minimum Gasteiger partial charge on any atom is -0.373 e. The smallest absolute Gasteiger partial charge is 0.245 e. The maximum Gasteiger partial charge on any atom is 0.245 e. The number of hydrogen-bond donors (Lipinski definition) is 3. The molecule has 1 atom stereocenters. The normalized spacial score (nSPS) is 24.5. The van der Waals surface area contributed by atoms with Gasteiger partial charge in [-0.25, -0.2) is 0 Å². The molecule has 26 heavy (non-hydrogen) atoms. The molecule has 1 fully saturated rings. The molecule has 6 heteroatoms. The lowest BCUT2D eigenvalue weighted by Crippen LogP contribution is -2.48. The van der Waals surface area contributed by atoms with Crippen LogP contribution in [0, 0.1) is 6.92 Å². The van der Waals surface area contributed by atoms with Crippen molar-refractivity contribution in [1.29, 1.82) is 0 Å². The summed E-state index contributed by atoms with van der Waals surface area (Å²) in [6.07, 6.45) is 4.81. The summed E-state index contributed by atoms with van der Waals surface area (Å²) < 4.78 is 0. The second-order valence-electron chi connectivity index (χ2n) is 7.57. The van der Waals surface area contributed by atoms with E-state index < -0.39 is 0 Å². The first-order chi connectivity index (χ1) is 12.5. The first kappa shape index (κ1) is 18.7. The van der Waals surface area contributed by atoms with Crippen molar-refractivity contribution in [3.8, 4) is 0 Å². The Morgan fingerprint density at radius 1 is 1.27 bits per heavy atom. The third-order valence-corrected chi connectivity index (χ3v) is 5.73. The van der Waals surface area contributed by atoms with Crippen LogP contribution in [0.4, 0.5) is 5.69 Å². The second kappa shape index (κ2) is 8.08. The Morgan fingerprint density at radius 3 is 2.65 bits per heavy atom. The van der Waals surface area contributed by atoms with Gasteiger partial charge in [0.05, 0.1) is 0 Å². The van der Waals surface area contributed by atoms with E-state index in [0.717, 1.165) is 37.8 Å². The van der Waals surface area contributed by atoms with Crippen LogP contribution in [0.15, 0.2) is 18.2 Å². The van der Waals surface area contributed by atoms with Gasteiger partial charge >= 0.3 is 0 Å². The number of nitrogens with two attached hydrogens (primary N) is 1. The monoisotopic (exact) mass is 358 g/mol. The molecule has 6 nitrogen and oxygen atoms in total. The Kier molecular flexibility index (Phi) is 5.81. The first-order valence-corrected chi connectivity index (χ1v) is 9.60. The molecule has 0 spiro atoms. The van der Waals surface area contributed by atoms with Crippen molar-refractivity contribution in [3.05, 3.63) is 29.3 Å². The van der Waals surface area contributed by atoms with E-state index in [1.807, 2.05) is 18.0 Å². The summed E-state index contributed by atoms with van der Waals surface area (Å²) in [6.45, 7) is 2.46. The van der Waals surface area contributed by atoms with E-state index in [1.54, 1.807) is 0 Å². The minimum atomic E-state index is -0.168. The summed E-state index contributed by atoms with van der Waals surface area (Å²) in [5.74, 6) is 0.194. The zero-order valence-corrected chi connectivity index (χ0v) is 15.8. The predicted octanol–water partition coefficient (Wildman–Crippen LogP) is 1.57. The average Bonchev–Trinajstić information content (AvgIpc) is 3.07. The van der Waals surface area contributed by atoms with Gasteiger partial charge in [0.2, 0.25) is 11.8 Å². The summed E-state index contributed by atoms with van der Waals surface area (Å²) in [7, 11) is 1.91. The molecule has 0 bridgehead atoms. The number of para-hydroxylation sites is 1. The Balaban J connectivity index is 1.51. The van der Waals surface area contributed by atoms with Crippen molar-refractivity contribution in [3.63, 3.8) is 0 Å². The van der Waals surface area contributed by atoms with E-state index in [1.165, 1.54) is 11.1 Å². The van der Waals surface area contributed by atoms with Crippen molar-refractivity contribution in [2.45, 2.75) is 63.6 Å². The molecule has 2 amide bonds. The predicted molar refractivity (Wildman–Crippen MR) is 103 cm³/mol. The third kappa shape index (κ3) is 4.01. The molecular formula is C20H30N4O2. The second-order valence-corrected chi connectivity index (χ2v) is 7.57. The Labute approximate surface area is 155 Å². The fourth-order valence-corrected chi connectivity index (χ4v) is 4.16. The van der Waals surface area contributed by atoms with Gasteiger partial charge in [0.25, 0.3) is 0 Å². The summed E-state index contributed by atoms with van der Waals surface area (Å²) in [6, 6.07) is 6.51. The number of anilines is 1. The lowest BCUT2D eigenvalue weighted by Gasteiger charge is -2.36. The molecule has 0 aromatic heterocycles. The highest BCUT2D eigenvalue weighted by molar-refractivity contribution is 5.88. The van der Waals surface area contributed by atoms with Crippen molar-refractivity contribution in [1.82, 2.24) is 10.2 Å². The van der Waals surface area contributed by atoms with E-state index in [2.05, 4.69) is 29.7 Å². The summed E-state index contributed by atoms with van der Waals surface area (Å²) >= 11 is 0. The Bertz CT molecular complexity index is 668. The van der Waals surface area contributed by atoms with Gasteiger partial charge in [-0.15, -0.1) is 0 Å². The topological polar surface area (TPSA) is 87.5 Å². The van der Waals surface area contributed by atoms with Crippen LogP contribution in [0.25, 0.3) is 0 Å². The lowest BCUT2D eigenvalue weighted by molar-refractivity contribution is -0.133. The molecule has 1 aliphatic heterocycles. The van der Waals surface area contributed by atoms with Crippen LogP contribution in [0.2, 0.25) is 0 Å². The summed E-state index contributed by atoms with van der Waals surface area (Å²) in [5.41, 5.74) is 8.95. The number of hydrogen-bond acceptors (Lipinski definition) is 4. The lowest BCUT2D eigenvalue weighted by atomic mass is 9.90. The van der Waals surface area contributed by atoms with Crippen LogP contribution in [0.5, 0.6) is 0 Å². The quantitative estimate of drug-likeness (QED) is 0.745. The molecule has 142 valence electrons. The minimum absolute atomic E-state index is 0.0312. The highest BCUT2D eigenvalue weighted by Crippen LogP contribution is 2.31. The highest BCUT2D eigenvalue weighted by atomic mass is 16.2. The fraction of sp³-hybridized carbons (Fsp3) is 0.600. The SMILES string of the molecule is Cc1cccc2c1NC(C(=O)N(C)C1CCC(NC(=O)CCN)CC1)C2. The molecule has 3 rings (SSSR count). The molecule has 1 aromatic carbocycles. The van der Waals surface area contributed by atoms with Gasteiger partial charge in [-0.3, -0.25) is 9.59 Å². The van der Waals surface area contributed by atoms with Crippen LogP contribution in [0.3, 0.4) is 0 Å². The Morgan fingerprint density at radius 2 is 2.00 bits per heavy atom. The van der Waals surface area contributed by atoms with Gasteiger partial charge in [0.15, 0.2) is 0 Å². The van der Waals surface area contributed by atoms with Crippen LogP contribution in [-0.4, -0.2) is 48.4 Å². The zero-order chi connectivity index (χ0) is 18.7. The van der Waals surface area contributed by atoms with E-state index >= 15 is 0 Å². The number of fused-ring (bicyclic) bond motifs is 1. The number of rotatable bonds is 5. The summed E-state index contributed by atoms with van der Waals surface area (Å²) in [5, 5.41) is 6.46. The standard InChI is InChI=1S/C20H30N4O2/c1-13-4-3-5-14-12-17(23-19(13)14)20(26)24(2)16-8-6-15(7-9-16)22-18(25)10-11-21/h3-5,15-17,23H,6-12,21H2,1-2H3,(H,22,25). The molecule has 1 aliphatic carbocycles. The van der Waals surface area contributed by atoms with Crippen molar-refractivity contribution >= 4 is 17.5 Å². The van der Waals surface area contributed by atoms with Crippen LogP contribution >= 0.6 is 0 Å². The van der Waals surface area contributed by atoms with Gasteiger partial charge in [-0.1, -0.05) is 18.2 Å². The van der Waals surface area contributed by atoms with E-state index in [-0.39, 0.29) is 29.9 Å². The molecule has 1 heterocycles. The van der Waals surface area contributed by atoms with Gasteiger partial charge in [0, 0.05) is 44.2 Å². The molecule has 1 aromatic rings. The molecular weight excluding hydrogens is 328 g/mol. The van der Waals surface area contributed by atoms with Crippen LogP contribution in [-0.2, 0) is 16.0 Å². The molecule has 4 N–H and O–H groups in total. The summed E-state index contributed by atoms with van der Waals surface area (Å²) in [4.78, 5) is 26.5. The van der Waals surface area contributed by atoms with Gasteiger partial charge in [-0.2, -0.15) is 0 Å². The molecule has 0 saturated heterocycles. The maximum absolute atomic E-state index is 12.9. The number of nitrogens with one attached hydrogen (secondary N) is 2. The first-order valence-electron chi connectivity index (χ1n) is 9.60. The largest absolute Gasteiger partial charge is 0.373 e. The number of amides is 2. The number of carbonyl (C=O) groups excluding carboxylic acids is 2. The van der Waals surface area contributed by atoms with Crippen molar-refractivity contribution in [2.24, 2.45) is 5.73 Å². The van der Waals surface area contributed by atoms with Crippen LogP contribution < -0.4 is 16.4 Å². The molecule has 2 aliphatic rings. The number of carbonyl (C=O) groups is 2. The molecule has 1 unspecified atom stereocenters.